The molecule has 4 nitrogen and oxygen atoms in total. The zero-order valence-corrected chi connectivity index (χ0v) is 15.8. The molecule has 26 heavy (non-hydrogen) atoms. The third kappa shape index (κ3) is 3.58. The van der Waals surface area contributed by atoms with Gasteiger partial charge in [0.05, 0.1) is 11.6 Å². The van der Waals surface area contributed by atoms with E-state index in [9.17, 15) is 9.59 Å². The molecule has 2 aliphatic rings. The van der Waals surface area contributed by atoms with E-state index >= 15 is 0 Å². The highest BCUT2D eigenvalue weighted by Crippen LogP contribution is 2.40. The van der Waals surface area contributed by atoms with Crippen LogP contribution in [0.2, 0.25) is 0 Å². The number of nitrogens with zero attached hydrogens (tertiary/aromatic N) is 1. The van der Waals surface area contributed by atoms with Gasteiger partial charge in [0.15, 0.2) is 0 Å². The van der Waals surface area contributed by atoms with Crippen molar-refractivity contribution < 1.29 is 14.3 Å². The summed E-state index contributed by atoms with van der Waals surface area (Å²) in [5, 5.41) is 2.88. The lowest BCUT2D eigenvalue weighted by Crippen LogP contribution is -2.39. The molecular weight excluding hydrogens is 346 g/mol. The van der Waals surface area contributed by atoms with Crippen LogP contribution in [-0.4, -0.2) is 16.7 Å². The quantitative estimate of drug-likeness (QED) is 0.742. The first-order valence-corrected chi connectivity index (χ1v) is 10.2. The predicted molar refractivity (Wildman–Crippen MR) is 101 cm³/mol. The van der Waals surface area contributed by atoms with Crippen molar-refractivity contribution in [2.24, 2.45) is 17.8 Å². The predicted octanol–water partition coefficient (Wildman–Crippen LogP) is 4.56. The lowest BCUT2D eigenvalue weighted by atomic mass is 9.67. The molecule has 2 atom stereocenters. The molecule has 136 valence electrons. The summed E-state index contributed by atoms with van der Waals surface area (Å²) < 4.78 is 5.53. The van der Waals surface area contributed by atoms with Crippen LogP contribution in [0.25, 0.3) is 10.6 Å². The zero-order chi connectivity index (χ0) is 18.1. The van der Waals surface area contributed by atoms with E-state index in [0.29, 0.717) is 18.6 Å². The Morgan fingerprint density at radius 2 is 1.88 bits per heavy atom. The van der Waals surface area contributed by atoms with Crippen LogP contribution in [-0.2, 0) is 20.9 Å². The first-order valence-electron chi connectivity index (χ1n) is 9.32. The average molecular weight is 369 g/mol. The van der Waals surface area contributed by atoms with Gasteiger partial charge >= 0.3 is 5.97 Å². The number of hydrogen-bond donors (Lipinski definition) is 0. The second-order valence-electron chi connectivity index (χ2n) is 7.51. The summed E-state index contributed by atoms with van der Waals surface area (Å²) >= 11 is 1.56. The lowest BCUT2D eigenvalue weighted by molar-refractivity contribution is -0.154. The van der Waals surface area contributed by atoms with Crippen LogP contribution in [0.15, 0.2) is 29.6 Å². The van der Waals surface area contributed by atoms with Gasteiger partial charge in [0.2, 0.25) is 0 Å². The van der Waals surface area contributed by atoms with E-state index < -0.39 is 0 Å². The first-order chi connectivity index (χ1) is 12.6. The Hall–Kier alpha value is -2.01. The van der Waals surface area contributed by atoms with Gasteiger partial charge in [-0.05, 0) is 32.6 Å². The van der Waals surface area contributed by atoms with E-state index in [0.717, 1.165) is 35.5 Å². The van der Waals surface area contributed by atoms with E-state index in [-0.39, 0.29) is 30.3 Å². The maximum atomic E-state index is 12.5. The molecule has 4 rings (SSSR count). The fourth-order valence-corrected chi connectivity index (χ4v) is 4.95. The smallest absolute Gasteiger partial charge is 0.309 e. The minimum Gasteiger partial charge on any atom is -0.459 e. The highest BCUT2D eigenvalue weighted by atomic mass is 32.1. The number of benzene rings is 1. The summed E-state index contributed by atoms with van der Waals surface area (Å²) in [4.78, 5) is 29.2. The molecule has 0 radical (unpaired) electrons. The lowest BCUT2D eigenvalue weighted by Gasteiger charge is -2.36. The van der Waals surface area contributed by atoms with Crippen LogP contribution in [0.5, 0.6) is 0 Å². The molecule has 0 unspecified atom stereocenters. The third-order valence-corrected chi connectivity index (χ3v) is 6.53. The van der Waals surface area contributed by atoms with Gasteiger partial charge in [-0.1, -0.05) is 36.2 Å². The number of esters is 1. The number of thiazole rings is 1. The SMILES string of the molecule is Cc1ccc(-c2nc(COC(=O)C3C[C@@H]4CCC[C@@H](C3)C4=O)cs2)cc1. The summed E-state index contributed by atoms with van der Waals surface area (Å²) in [6, 6.07) is 8.25. The van der Waals surface area contributed by atoms with Gasteiger partial charge < -0.3 is 4.74 Å². The fourth-order valence-electron chi connectivity index (χ4n) is 4.14. The van der Waals surface area contributed by atoms with Crippen molar-refractivity contribution in [3.63, 3.8) is 0 Å². The molecule has 2 fully saturated rings. The molecule has 2 aromatic rings. The fraction of sp³-hybridized carbons (Fsp3) is 0.476. The molecular formula is C21H23NO3S. The molecule has 0 spiro atoms. The number of aryl methyl sites for hydroxylation is 1. The number of aromatic nitrogens is 1. The van der Waals surface area contributed by atoms with E-state index in [1.165, 1.54) is 5.56 Å². The van der Waals surface area contributed by atoms with Gasteiger partial charge in [-0.15, -0.1) is 11.3 Å². The van der Waals surface area contributed by atoms with E-state index in [1.807, 2.05) is 5.38 Å². The first kappa shape index (κ1) is 17.4. The van der Waals surface area contributed by atoms with Gasteiger partial charge in [0.25, 0.3) is 0 Å². The maximum absolute atomic E-state index is 12.5. The minimum atomic E-state index is -0.167. The van der Waals surface area contributed by atoms with Crippen LogP contribution in [0.3, 0.4) is 0 Å². The van der Waals surface area contributed by atoms with Crippen LogP contribution in [0, 0.1) is 24.7 Å². The molecule has 0 aliphatic heterocycles. The Morgan fingerprint density at radius 1 is 1.19 bits per heavy atom. The number of carbonyl (C=O) groups excluding carboxylic acids is 2. The Labute approximate surface area is 157 Å². The normalized spacial score (nSPS) is 25.1. The van der Waals surface area contributed by atoms with Gasteiger partial charge in [0, 0.05) is 22.8 Å². The van der Waals surface area contributed by atoms with Crippen LogP contribution in [0.1, 0.15) is 43.4 Å². The molecule has 1 heterocycles. The molecule has 0 N–H and O–H groups in total. The van der Waals surface area contributed by atoms with Crippen molar-refractivity contribution in [1.29, 1.82) is 0 Å². The number of hydrogen-bond acceptors (Lipinski definition) is 5. The second-order valence-corrected chi connectivity index (χ2v) is 8.37. The standard InChI is InChI=1S/C21H23NO3S/c1-13-5-7-14(8-6-13)20-22-18(12-26-20)11-25-21(24)17-9-15-3-2-4-16(10-17)19(15)23/h5-8,12,15-17H,2-4,9-11H2,1H3/t15-,16-/m0/s1. The van der Waals surface area contributed by atoms with Crippen molar-refractivity contribution >= 4 is 23.1 Å². The van der Waals surface area contributed by atoms with Crippen LogP contribution in [0.4, 0.5) is 0 Å². The molecule has 5 heteroatoms. The summed E-state index contributed by atoms with van der Waals surface area (Å²) in [6.45, 7) is 2.27. The Bertz CT molecular complexity index is 795. The van der Waals surface area contributed by atoms with Crippen LogP contribution < -0.4 is 0 Å². The largest absolute Gasteiger partial charge is 0.459 e. The van der Waals surface area contributed by atoms with E-state index in [4.69, 9.17) is 4.74 Å². The number of rotatable bonds is 4. The molecule has 1 aromatic heterocycles. The van der Waals surface area contributed by atoms with Gasteiger partial charge in [0.1, 0.15) is 17.4 Å². The Morgan fingerprint density at radius 3 is 2.58 bits per heavy atom. The number of ketones is 1. The Kier molecular flexibility index (Phi) is 4.90. The number of ether oxygens (including phenoxy) is 1. The molecule has 0 amide bonds. The second kappa shape index (κ2) is 7.31. The van der Waals surface area contributed by atoms with Crippen molar-refractivity contribution in [3.05, 3.63) is 40.9 Å². The van der Waals surface area contributed by atoms with Gasteiger partial charge in [-0.3, -0.25) is 9.59 Å². The molecule has 2 saturated carbocycles. The van der Waals surface area contributed by atoms with Crippen molar-refractivity contribution in [2.75, 3.05) is 0 Å². The molecule has 0 saturated heterocycles. The topological polar surface area (TPSA) is 56.3 Å². The number of Topliss-reactive ketones (excluding diaryl/α,β-unsaturated/α-hetero) is 1. The van der Waals surface area contributed by atoms with Gasteiger partial charge in [-0.25, -0.2) is 4.98 Å². The summed E-state index contributed by atoms with van der Waals surface area (Å²) in [5.41, 5.74) is 3.08. The van der Waals surface area contributed by atoms with Crippen LogP contribution >= 0.6 is 11.3 Å². The Balaban J connectivity index is 1.35. The molecule has 2 aliphatic carbocycles. The highest BCUT2D eigenvalue weighted by Gasteiger charge is 2.41. The third-order valence-electron chi connectivity index (χ3n) is 5.59. The minimum absolute atomic E-state index is 0.0764. The maximum Gasteiger partial charge on any atom is 0.309 e. The zero-order valence-electron chi connectivity index (χ0n) is 14.9. The summed E-state index contributed by atoms with van der Waals surface area (Å²) in [7, 11) is 0. The monoisotopic (exact) mass is 369 g/mol. The average Bonchev–Trinajstić information content (AvgIpc) is 3.09. The van der Waals surface area contributed by atoms with Gasteiger partial charge in [-0.2, -0.15) is 0 Å². The van der Waals surface area contributed by atoms with Crippen molar-refractivity contribution in [1.82, 2.24) is 4.98 Å². The number of fused-ring (bicyclic) bond motifs is 2. The van der Waals surface area contributed by atoms with Crippen molar-refractivity contribution in [3.8, 4) is 10.6 Å². The van der Waals surface area contributed by atoms with E-state index in [2.05, 4.69) is 36.2 Å². The molecule has 1 aromatic carbocycles. The summed E-state index contributed by atoms with van der Waals surface area (Å²) in [5.74, 6) is 0.236. The molecule has 2 bridgehead atoms. The summed E-state index contributed by atoms with van der Waals surface area (Å²) in [6.07, 6.45) is 4.32. The highest BCUT2D eigenvalue weighted by molar-refractivity contribution is 7.13. The number of carbonyl (C=O) groups is 2. The van der Waals surface area contributed by atoms with E-state index in [1.54, 1.807) is 11.3 Å². The van der Waals surface area contributed by atoms with Crippen molar-refractivity contribution in [2.45, 2.75) is 45.6 Å².